The van der Waals surface area contributed by atoms with Gasteiger partial charge in [-0.25, -0.2) is 5.43 Å². The van der Waals surface area contributed by atoms with Crippen LogP contribution in [0.5, 0.6) is 0 Å². The van der Waals surface area contributed by atoms with E-state index >= 15 is 0 Å². The second-order valence-corrected chi connectivity index (χ2v) is 3.20. The van der Waals surface area contributed by atoms with Gasteiger partial charge in [0.25, 0.3) is 5.91 Å². The molecule has 15 heavy (non-hydrogen) atoms. The molecule has 5 heteroatoms. The van der Waals surface area contributed by atoms with Crippen LogP contribution in [0.2, 0.25) is 0 Å². The Balaban J connectivity index is 2.70. The Hall–Kier alpha value is -1.75. The molecule has 0 saturated heterocycles. The van der Waals surface area contributed by atoms with Crippen LogP contribution in [0.3, 0.4) is 0 Å². The maximum atomic E-state index is 11.4. The molecule has 0 bridgehead atoms. The van der Waals surface area contributed by atoms with Crippen molar-refractivity contribution in [2.24, 2.45) is 5.10 Å². The van der Waals surface area contributed by atoms with Crippen molar-refractivity contribution in [3.05, 3.63) is 29.6 Å². The topological polar surface area (TPSA) is 74.6 Å². The van der Waals surface area contributed by atoms with E-state index in [9.17, 15) is 4.79 Å². The van der Waals surface area contributed by atoms with Crippen molar-refractivity contribution in [3.8, 4) is 0 Å². The lowest BCUT2D eigenvalue weighted by Gasteiger charge is -2.00. The van der Waals surface area contributed by atoms with Crippen LogP contribution < -0.4 is 5.43 Å². The Morgan fingerprint density at radius 1 is 1.53 bits per heavy atom. The lowest BCUT2D eigenvalue weighted by molar-refractivity contribution is 0.0954. The Morgan fingerprint density at radius 2 is 2.27 bits per heavy atom. The molecule has 1 aromatic heterocycles. The first kappa shape index (κ1) is 11.3. The van der Waals surface area contributed by atoms with Gasteiger partial charge >= 0.3 is 0 Å². The van der Waals surface area contributed by atoms with E-state index in [4.69, 9.17) is 5.11 Å². The monoisotopic (exact) mass is 207 g/mol. The molecule has 2 N–H and O–H groups in total. The highest BCUT2D eigenvalue weighted by atomic mass is 16.3. The van der Waals surface area contributed by atoms with E-state index < -0.39 is 0 Å². The third-order valence-electron chi connectivity index (χ3n) is 1.63. The summed E-state index contributed by atoms with van der Waals surface area (Å²) in [6.07, 6.45) is 1.40. The van der Waals surface area contributed by atoms with Crippen molar-refractivity contribution < 1.29 is 9.90 Å². The molecule has 0 aliphatic heterocycles. The first-order valence-corrected chi connectivity index (χ1v) is 4.50. The summed E-state index contributed by atoms with van der Waals surface area (Å²) in [6.45, 7) is 3.44. The van der Waals surface area contributed by atoms with Gasteiger partial charge in [0.05, 0.1) is 17.9 Å². The van der Waals surface area contributed by atoms with Gasteiger partial charge in [0, 0.05) is 11.9 Å². The van der Waals surface area contributed by atoms with Gasteiger partial charge in [-0.3, -0.25) is 9.78 Å². The first-order valence-electron chi connectivity index (χ1n) is 4.50. The van der Waals surface area contributed by atoms with Crippen LogP contribution in [0.1, 0.15) is 29.9 Å². The van der Waals surface area contributed by atoms with E-state index in [0.29, 0.717) is 11.3 Å². The number of aliphatic hydroxyl groups excluding tert-OH is 1. The molecule has 0 aliphatic rings. The number of pyridine rings is 1. The maximum absolute atomic E-state index is 11.4. The minimum atomic E-state index is -0.312. The summed E-state index contributed by atoms with van der Waals surface area (Å²) in [5.41, 5.74) is 4.09. The molecule has 5 nitrogen and oxygen atoms in total. The average molecular weight is 207 g/mol. The number of aromatic nitrogens is 1. The van der Waals surface area contributed by atoms with Gasteiger partial charge in [0.2, 0.25) is 0 Å². The molecule has 1 heterocycles. The highest BCUT2D eigenvalue weighted by Gasteiger charge is 2.04. The van der Waals surface area contributed by atoms with E-state index in [1.807, 2.05) is 0 Å². The number of hydrogen-bond donors (Lipinski definition) is 2. The van der Waals surface area contributed by atoms with Gasteiger partial charge in [-0.2, -0.15) is 5.10 Å². The Kier molecular flexibility index (Phi) is 3.93. The van der Waals surface area contributed by atoms with Crippen LogP contribution in [-0.4, -0.2) is 21.7 Å². The van der Waals surface area contributed by atoms with Gasteiger partial charge in [-0.05, 0) is 26.0 Å². The Morgan fingerprint density at radius 3 is 2.73 bits per heavy atom. The number of nitrogens with zero attached hydrogens (tertiary/aromatic N) is 2. The van der Waals surface area contributed by atoms with Gasteiger partial charge < -0.3 is 5.11 Å². The van der Waals surface area contributed by atoms with Gasteiger partial charge in [0.1, 0.15) is 0 Å². The maximum Gasteiger partial charge on any atom is 0.272 e. The zero-order chi connectivity index (χ0) is 11.3. The predicted octanol–water partition coefficient (Wildman–Crippen LogP) is 0.700. The van der Waals surface area contributed by atoms with Gasteiger partial charge in [-0.15, -0.1) is 0 Å². The minimum Gasteiger partial charge on any atom is -0.390 e. The third kappa shape index (κ3) is 3.47. The van der Waals surface area contributed by atoms with Crippen molar-refractivity contribution in [1.29, 1.82) is 0 Å². The summed E-state index contributed by atoms with van der Waals surface area (Å²) in [5.74, 6) is -0.312. The zero-order valence-corrected chi connectivity index (χ0v) is 8.69. The van der Waals surface area contributed by atoms with Crippen LogP contribution in [0, 0.1) is 0 Å². The van der Waals surface area contributed by atoms with Gasteiger partial charge in [-0.1, -0.05) is 0 Å². The highest BCUT2D eigenvalue weighted by Crippen LogP contribution is 2.00. The molecule has 0 spiro atoms. The van der Waals surface area contributed by atoms with Crippen LogP contribution in [0.4, 0.5) is 0 Å². The van der Waals surface area contributed by atoms with Crippen molar-refractivity contribution in [2.45, 2.75) is 20.5 Å². The fourth-order valence-electron chi connectivity index (χ4n) is 0.879. The molecule has 80 valence electrons. The van der Waals surface area contributed by atoms with Crippen LogP contribution >= 0.6 is 0 Å². The van der Waals surface area contributed by atoms with Crippen molar-refractivity contribution in [1.82, 2.24) is 10.4 Å². The van der Waals surface area contributed by atoms with Crippen molar-refractivity contribution in [3.63, 3.8) is 0 Å². The smallest absolute Gasteiger partial charge is 0.272 e. The van der Waals surface area contributed by atoms with Crippen LogP contribution in [0.15, 0.2) is 23.4 Å². The number of hydrazone groups is 1. The third-order valence-corrected chi connectivity index (χ3v) is 1.63. The molecule has 0 radical (unpaired) electrons. The predicted molar refractivity (Wildman–Crippen MR) is 56.4 cm³/mol. The van der Waals surface area contributed by atoms with Crippen LogP contribution in [-0.2, 0) is 6.61 Å². The lowest BCUT2D eigenvalue weighted by Crippen LogP contribution is -2.18. The summed E-state index contributed by atoms with van der Waals surface area (Å²) in [4.78, 5) is 15.3. The standard InChI is InChI=1S/C10H13N3O2/c1-7(2)12-13-10(15)8-3-4-9(6-14)11-5-8/h3-5,14H,6H2,1-2H3,(H,13,15). The van der Waals surface area contributed by atoms with E-state index in [1.54, 1.807) is 26.0 Å². The molecule has 0 atom stereocenters. The number of nitrogens with one attached hydrogen (secondary N) is 1. The zero-order valence-electron chi connectivity index (χ0n) is 8.69. The normalized spacial score (nSPS) is 9.53. The lowest BCUT2D eigenvalue weighted by atomic mass is 10.2. The van der Waals surface area contributed by atoms with E-state index in [-0.39, 0.29) is 12.5 Å². The number of hydrogen-bond acceptors (Lipinski definition) is 4. The quantitative estimate of drug-likeness (QED) is 0.566. The molecule has 1 aromatic rings. The molecule has 0 saturated carbocycles. The highest BCUT2D eigenvalue weighted by molar-refractivity contribution is 5.94. The fraction of sp³-hybridized carbons (Fsp3) is 0.300. The average Bonchev–Trinajstić information content (AvgIpc) is 2.26. The number of carbonyl (C=O) groups excluding carboxylic acids is 1. The molecular weight excluding hydrogens is 194 g/mol. The molecule has 1 rings (SSSR count). The van der Waals surface area contributed by atoms with E-state index in [1.165, 1.54) is 6.20 Å². The summed E-state index contributed by atoms with van der Waals surface area (Å²) >= 11 is 0. The first-order chi connectivity index (χ1) is 7.13. The molecular formula is C10H13N3O2. The second kappa shape index (κ2) is 5.21. The largest absolute Gasteiger partial charge is 0.390 e. The molecule has 1 amide bonds. The van der Waals surface area contributed by atoms with Crippen molar-refractivity contribution >= 4 is 11.6 Å². The fourth-order valence-corrected chi connectivity index (χ4v) is 0.879. The second-order valence-electron chi connectivity index (χ2n) is 3.20. The molecule has 0 aromatic carbocycles. The molecule has 0 fully saturated rings. The Labute approximate surface area is 87.8 Å². The number of amides is 1. The summed E-state index contributed by atoms with van der Waals surface area (Å²) in [5, 5.41) is 12.5. The summed E-state index contributed by atoms with van der Waals surface area (Å²) in [7, 11) is 0. The minimum absolute atomic E-state index is 0.131. The summed E-state index contributed by atoms with van der Waals surface area (Å²) in [6, 6.07) is 3.19. The van der Waals surface area contributed by atoms with Crippen LogP contribution in [0.25, 0.3) is 0 Å². The Bertz CT molecular complexity index is 367. The number of aliphatic hydroxyl groups is 1. The van der Waals surface area contributed by atoms with Crippen molar-refractivity contribution in [2.75, 3.05) is 0 Å². The molecule has 0 unspecified atom stereocenters. The number of carbonyl (C=O) groups is 1. The SMILES string of the molecule is CC(C)=NNC(=O)c1ccc(CO)nc1. The molecule has 0 aliphatic carbocycles. The van der Waals surface area contributed by atoms with Gasteiger partial charge in [0.15, 0.2) is 0 Å². The summed E-state index contributed by atoms with van der Waals surface area (Å²) < 4.78 is 0. The van der Waals surface area contributed by atoms with E-state index in [2.05, 4.69) is 15.5 Å². The van der Waals surface area contributed by atoms with E-state index in [0.717, 1.165) is 5.71 Å². The number of rotatable bonds is 3.